The Bertz CT molecular complexity index is 311. The fourth-order valence-electron chi connectivity index (χ4n) is 0.927. The lowest BCUT2D eigenvalue weighted by molar-refractivity contribution is 0.00434. The maximum absolute atomic E-state index is 13.0. The molecule has 0 saturated carbocycles. The van der Waals surface area contributed by atoms with Gasteiger partial charge in [0.1, 0.15) is 6.42 Å². The van der Waals surface area contributed by atoms with Crippen LogP contribution in [0.3, 0.4) is 0 Å². The molecule has 0 spiro atoms. The topological polar surface area (TPSA) is 23.8 Å². The van der Waals surface area contributed by atoms with Gasteiger partial charge in [0.2, 0.25) is 0 Å². The zero-order valence-electron chi connectivity index (χ0n) is 6.47. The smallest absolute Gasteiger partial charge is 0.199 e. The molecule has 1 aromatic heterocycles. The average molecular weight is 187 g/mol. The fourth-order valence-corrected chi connectivity index (χ4v) is 1.83. The first-order chi connectivity index (χ1) is 5.58. The van der Waals surface area contributed by atoms with Crippen LogP contribution in [0.4, 0.5) is 8.78 Å². The molecular formula is C8H7F2NS. The van der Waals surface area contributed by atoms with Crippen molar-refractivity contribution >= 4 is 11.3 Å². The van der Waals surface area contributed by atoms with Crippen molar-refractivity contribution in [3.63, 3.8) is 0 Å². The highest BCUT2D eigenvalue weighted by molar-refractivity contribution is 7.10. The first kappa shape index (κ1) is 9.14. The molecule has 1 nitrogen and oxygen atoms in total. The summed E-state index contributed by atoms with van der Waals surface area (Å²) in [5.74, 6) is -2.98. The molecule has 0 aliphatic carbocycles. The first-order valence-electron chi connectivity index (χ1n) is 3.37. The molecule has 1 aromatic rings. The van der Waals surface area contributed by atoms with Crippen LogP contribution in [-0.2, 0) is 5.92 Å². The molecule has 1 rings (SSSR count). The molecule has 4 heteroatoms. The minimum Gasteiger partial charge on any atom is -0.199 e. The Morgan fingerprint density at radius 2 is 2.33 bits per heavy atom. The largest absolute Gasteiger partial charge is 0.295 e. The lowest BCUT2D eigenvalue weighted by atomic mass is 10.1. The Balaban J connectivity index is 2.98. The monoisotopic (exact) mass is 187 g/mol. The van der Waals surface area contributed by atoms with Crippen molar-refractivity contribution < 1.29 is 8.78 Å². The maximum Gasteiger partial charge on any atom is 0.295 e. The normalized spacial score (nSPS) is 11.2. The predicted octanol–water partition coefficient (Wildman–Crippen LogP) is 3.06. The molecule has 0 aliphatic heterocycles. The van der Waals surface area contributed by atoms with E-state index in [0.717, 1.165) is 11.3 Å². The predicted molar refractivity (Wildman–Crippen MR) is 43.2 cm³/mol. The molecule has 0 aliphatic rings. The molecule has 0 aromatic carbocycles. The molecule has 0 bridgehead atoms. The van der Waals surface area contributed by atoms with E-state index >= 15 is 0 Å². The number of nitrogens with zero attached hydrogens (tertiary/aromatic N) is 1. The zero-order valence-corrected chi connectivity index (χ0v) is 7.29. The maximum atomic E-state index is 13.0. The van der Waals surface area contributed by atoms with Gasteiger partial charge in [0.05, 0.1) is 10.9 Å². The molecule has 0 amide bonds. The van der Waals surface area contributed by atoms with Crippen molar-refractivity contribution in [2.24, 2.45) is 0 Å². The second-order valence-electron chi connectivity index (χ2n) is 2.47. The minimum absolute atomic E-state index is 0.00375. The van der Waals surface area contributed by atoms with Crippen LogP contribution in [-0.4, -0.2) is 0 Å². The average Bonchev–Trinajstić information content (AvgIpc) is 2.35. The van der Waals surface area contributed by atoms with Crippen molar-refractivity contribution in [1.29, 1.82) is 5.26 Å². The Morgan fingerprint density at radius 3 is 2.75 bits per heavy atom. The van der Waals surface area contributed by atoms with Gasteiger partial charge in [-0.25, -0.2) is 0 Å². The number of rotatable bonds is 2. The number of thiophene rings is 1. The van der Waals surface area contributed by atoms with Crippen LogP contribution in [0.2, 0.25) is 0 Å². The van der Waals surface area contributed by atoms with Gasteiger partial charge in [-0.15, -0.1) is 11.3 Å². The summed E-state index contributed by atoms with van der Waals surface area (Å²) in [6.45, 7) is 1.62. The van der Waals surface area contributed by atoms with Gasteiger partial charge in [-0.2, -0.15) is 14.0 Å². The minimum atomic E-state index is -2.98. The van der Waals surface area contributed by atoms with Crippen molar-refractivity contribution in [3.05, 3.63) is 21.9 Å². The second kappa shape index (κ2) is 3.20. The van der Waals surface area contributed by atoms with Crippen molar-refractivity contribution in [2.45, 2.75) is 19.3 Å². The number of hydrogen-bond acceptors (Lipinski definition) is 2. The van der Waals surface area contributed by atoms with E-state index in [1.54, 1.807) is 18.4 Å². The van der Waals surface area contributed by atoms with E-state index in [-0.39, 0.29) is 4.88 Å². The highest BCUT2D eigenvalue weighted by atomic mass is 32.1. The lowest BCUT2D eigenvalue weighted by Gasteiger charge is -2.10. The van der Waals surface area contributed by atoms with Crippen LogP contribution in [0.25, 0.3) is 0 Å². The number of aryl methyl sites for hydroxylation is 1. The molecule has 0 radical (unpaired) electrons. The summed E-state index contributed by atoms with van der Waals surface area (Å²) in [5.41, 5.74) is 0.556. The molecule has 64 valence electrons. The molecule has 0 fully saturated rings. The van der Waals surface area contributed by atoms with Crippen LogP contribution in [0.5, 0.6) is 0 Å². The van der Waals surface area contributed by atoms with Gasteiger partial charge >= 0.3 is 0 Å². The van der Waals surface area contributed by atoms with Crippen LogP contribution in [0.1, 0.15) is 16.9 Å². The molecule has 12 heavy (non-hydrogen) atoms. The SMILES string of the molecule is Cc1ccsc1C(F)(F)CC#N. The van der Waals surface area contributed by atoms with Gasteiger partial charge < -0.3 is 0 Å². The van der Waals surface area contributed by atoms with E-state index in [2.05, 4.69) is 0 Å². The van der Waals surface area contributed by atoms with Gasteiger partial charge in [-0.1, -0.05) is 0 Å². The van der Waals surface area contributed by atoms with Gasteiger partial charge in [-0.3, -0.25) is 0 Å². The lowest BCUT2D eigenvalue weighted by Crippen LogP contribution is -2.11. The highest BCUT2D eigenvalue weighted by Crippen LogP contribution is 2.36. The second-order valence-corrected chi connectivity index (χ2v) is 3.39. The van der Waals surface area contributed by atoms with Gasteiger partial charge in [-0.05, 0) is 23.9 Å². The van der Waals surface area contributed by atoms with E-state index in [0.29, 0.717) is 5.56 Å². The molecule has 1 heterocycles. The quantitative estimate of drug-likeness (QED) is 0.698. The van der Waals surface area contributed by atoms with Crippen LogP contribution < -0.4 is 0 Å². The molecule has 0 saturated heterocycles. The summed E-state index contributed by atoms with van der Waals surface area (Å²) >= 11 is 0.995. The Labute approximate surface area is 73.3 Å². The standard InChI is InChI=1S/C8H7F2NS/c1-6-2-5-12-7(6)8(9,10)3-4-11/h2,5H,3H2,1H3. The Morgan fingerprint density at radius 1 is 1.67 bits per heavy atom. The van der Waals surface area contributed by atoms with Crippen molar-refractivity contribution in [2.75, 3.05) is 0 Å². The van der Waals surface area contributed by atoms with Crippen LogP contribution in [0.15, 0.2) is 11.4 Å². The summed E-state index contributed by atoms with van der Waals surface area (Å²) in [6, 6.07) is 3.11. The third-order valence-electron chi connectivity index (χ3n) is 1.50. The van der Waals surface area contributed by atoms with Gasteiger partial charge in [0, 0.05) is 0 Å². The van der Waals surface area contributed by atoms with Crippen LogP contribution in [0, 0.1) is 18.3 Å². The van der Waals surface area contributed by atoms with Crippen molar-refractivity contribution in [1.82, 2.24) is 0 Å². The summed E-state index contributed by atoms with van der Waals surface area (Å²) in [7, 11) is 0. The van der Waals surface area contributed by atoms with Crippen LogP contribution >= 0.6 is 11.3 Å². The van der Waals surface area contributed by atoms with E-state index < -0.39 is 12.3 Å². The summed E-state index contributed by atoms with van der Waals surface area (Å²) in [6.07, 6.45) is -0.742. The molecule has 0 unspecified atom stereocenters. The van der Waals surface area contributed by atoms with E-state index in [1.165, 1.54) is 6.07 Å². The zero-order chi connectivity index (χ0) is 9.19. The number of hydrogen-bond donors (Lipinski definition) is 0. The summed E-state index contributed by atoms with van der Waals surface area (Å²) in [5, 5.41) is 9.77. The first-order valence-corrected chi connectivity index (χ1v) is 4.25. The van der Waals surface area contributed by atoms with E-state index in [9.17, 15) is 8.78 Å². The molecular weight excluding hydrogens is 180 g/mol. The van der Waals surface area contributed by atoms with E-state index in [4.69, 9.17) is 5.26 Å². The van der Waals surface area contributed by atoms with Gasteiger partial charge in [0.15, 0.2) is 0 Å². The number of alkyl halides is 2. The number of halogens is 2. The van der Waals surface area contributed by atoms with Gasteiger partial charge in [0.25, 0.3) is 5.92 Å². The van der Waals surface area contributed by atoms with E-state index in [1.807, 2.05) is 0 Å². The highest BCUT2D eigenvalue weighted by Gasteiger charge is 2.33. The fraction of sp³-hybridized carbons (Fsp3) is 0.375. The van der Waals surface area contributed by atoms with Crippen molar-refractivity contribution in [3.8, 4) is 6.07 Å². The third-order valence-corrected chi connectivity index (χ3v) is 2.62. The molecule has 0 N–H and O–H groups in total. The Kier molecular flexibility index (Phi) is 2.43. The number of nitriles is 1. The third kappa shape index (κ3) is 1.62. The summed E-state index contributed by atoms with van der Waals surface area (Å²) < 4.78 is 26.1. The summed E-state index contributed by atoms with van der Waals surface area (Å²) in [4.78, 5) is 0.00375. The Hall–Kier alpha value is -0.950. The molecule has 0 atom stereocenters.